The van der Waals surface area contributed by atoms with Gasteiger partial charge in [0.15, 0.2) is 0 Å². The number of hydrogen-bond donors (Lipinski definition) is 1. The first kappa shape index (κ1) is 16.8. The number of ether oxygens (including phenoxy) is 1. The van der Waals surface area contributed by atoms with Gasteiger partial charge in [-0.1, -0.05) is 6.07 Å². The predicted octanol–water partition coefficient (Wildman–Crippen LogP) is 3.56. The lowest BCUT2D eigenvalue weighted by molar-refractivity contribution is -0.385. The summed E-state index contributed by atoms with van der Waals surface area (Å²) in [6, 6.07) is 8.61. The van der Waals surface area contributed by atoms with Crippen molar-refractivity contribution in [2.24, 2.45) is 0 Å². The standard InChI is InChI=1S/C15H13BrN2O5/c1-17(2)15(20)9-4-3-5-10(6-9)23-14-7-11(16)13(19)8-12(14)18(21)22/h3-8,19H,1-2H3. The van der Waals surface area contributed by atoms with Gasteiger partial charge >= 0.3 is 5.69 Å². The highest BCUT2D eigenvalue weighted by atomic mass is 79.9. The van der Waals surface area contributed by atoms with Crippen LogP contribution in [0.3, 0.4) is 0 Å². The normalized spacial score (nSPS) is 10.2. The number of rotatable bonds is 4. The van der Waals surface area contributed by atoms with Crippen LogP contribution >= 0.6 is 15.9 Å². The molecule has 8 heteroatoms. The third kappa shape index (κ3) is 3.78. The van der Waals surface area contributed by atoms with E-state index < -0.39 is 4.92 Å². The minimum atomic E-state index is -0.656. The molecule has 2 aromatic carbocycles. The fraction of sp³-hybridized carbons (Fsp3) is 0.133. The molecule has 0 aliphatic heterocycles. The molecular formula is C15H13BrN2O5. The lowest BCUT2D eigenvalue weighted by Gasteiger charge is -2.12. The average Bonchev–Trinajstić information content (AvgIpc) is 2.49. The van der Waals surface area contributed by atoms with Crippen LogP contribution in [0.4, 0.5) is 5.69 Å². The zero-order valence-electron chi connectivity index (χ0n) is 12.3. The number of nitro groups is 1. The van der Waals surface area contributed by atoms with Crippen LogP contribution in [0, 0.1) is 10.1 Å². The van der Waals surface area contributed by atoms with Crippen molar-refractivity contribution in [3.05, 3.63) is 56.5 Å². The van der Waals surface area contributed by atoms with Crippen molar-refractivity contribution >= 4 is 27.5 Å². The third-order valence-electron chi connectivity index (χ3n) is 2.94. The van der Waals surface area contributed by atoms with E-state index in [-0.39, 0.29) is 33.3 Å². The van der Waals surface area contributed by atoms with E-state index in [9.17, 15) is 20.0 Å². The molecule has 1 N–H and O–H groups in total. The molecule has 23 heavy (non-hydrogen) atoms. The van der Waals surface area contributed by atoms with Gasteiger partial charge in [0.2, 0.25) is 5.75 Å². The Balaban J connectivity index is 2.40. The van der Waals surface area contributed by atoms with E-state index in [4.69, 9.17) is 4.74 Å². The van der Waals surface area contributed by atoms with Crippen molar-refractivity contribution in [2.45, 2.75) is 0 Å². The summed E-state index contributed by atoms with van der Waals surface area (Å²) in [5.74, 6) is -0.245. The van der Waals surface area contributed by atoms with Crippen LogP contribution in [-0.4, -0.2) is 34.9 Å². The van der Waals surface area contributed by atoms with Crippen molar-refractivity contribution in [1.82, 2.24) is 4.90 Å². The molecule has 0 radical (unpaired) electrons. The fourth-order valence-corrected chi connectivity index (χ4v) is 2.16. The Bertz CT molecular complexity index is 776. The zero-order valence-corrected chi connectivity index (χ0v) is 13.9. The Morgan fingerprint density at radius 3 is 2.61 bits per heavy atom. The Morgan fingerprint density at radius 2 is 2.00 bits per heavy atom. The number of phenols is 1. The van der Waals surface area contributed by atoms with Gasteiger partial charge in [-0.25, -0.2) is 0 Å². The summed E-state index contributed by atoms with van der Waals surface area (Å²) in [6.45, 7) is 0. The number of carbonyl (C=O) groups is 1. The quantitative estimate of drug-likeness (QED) is 0.646. The molecule has 2 rings (SSSR count). The average molecular weight is 381 g/mol. The molecule has 0 bridgehead atoms. The van der Waals surface area contributed by atoms with Crippen molar-refractivity contribution in [3.8, 4) is 17.2 Å². The number of halogens is 1. The van der Waals surface area contributed by atoms with Gasteiger partial charge in [0.1, 0.15) is 11.5 Å². The van der Waals surface area contributed by atoms with Gasteiger partial charge in [-0.05, 0) is 34.1 Å². The third-order valence-corrected chi connectivity index (χ3v) is 3.58. The molecule has 7 nitrogen and oxygen atoms in total. The topological polar surface area (TPSA) is 92.9 Å². The van der Waals surface area contributed by atoms with Gasteiger partial charge in [0.05, 0.1) is 15.5 Å². The van der Waals surface area contributed by atoms with Crippen LogP contribution in [0.1, 0.15) is 10.4 Å². The molecular weight excluding hydrogens is 368 g/mol. The van der Waals surface area contributed by atoms with Gasteiger partial charge in [0, 0.05) is 25.7 Å². The van der Waals surface area contributed by atoms with Crippen LogP contribution in [0.15, 0.2) is 40.9 Å². The molecule has 0 spiro atoms. The zero-order chi connectivity index (χ0) is 17.1. The molecule has 0 atom stereocenters. The van der Waals surface area contributed by atoms with Crippen LogP contribution < -0.4 is 4.74 Å². The van der Waals surface area contributed by atoms with E-state index in [1.54, 1.807) is 32.3 Å². The first-order valence-corrected chi connectivity index (χ1v) is 7.25. The maximum Gasteiger partial charge on any atom is 0.315 e. The first-order chi connectivity index (χ1) is 10.8. The van der Waals surface area contributed by atoms with Crippen LogP contribution in [0.5, 0.6) is 17.2 Å². The van der Waals surface area contributed by atoms with E-state index in [0.717, 1.165) is 6.07 Å². The Labute approximate surface area is 140 Å². The molecule has 0 saturated heterocycles. The largest absolute Gasteiger partial charge is 0.507 e. The van der Waals surface area contributed by atoms with Crippen LogP contribution in [0.25, 0.3) is 0 Å². The Hall–Kier alpha value is -2.61. The van der Waals surface area contributed by atoms with Crippen molar-refractivity contribution in [1.29, 1.82) is 0 Å². The molecule has 0 heterocycles. The van der Waals surface area contributed by atoms with Crippen LogP contribution in [0.2, 0.25) is 0 Å². The summed E-state index contributed by atoms with van der Waals surface area (Å²) < 4.78 is 5.79. The van der Waals surface area contributed by atoms with Gasteiger partial charge in [-0.2, -0.15) is 0 Å². The second kappa shape index (κ2) is 6.66. The molecule has 0 unspecified atom stereocenters. The molecule has 0 fully saturated rings. The second-order valence-electron chi connectivity index (χ2n) is 4.86. The molecule has 1 amide bonds. The number of aromatic hydroxyl groups is 1. The summed E-state index contributed by atoms with van der Waals surface area (Å²) >= 11 is 3.09. The lowest BCUT2D eigenvalue weighted by Crippen LogP contribution is -2.21. The monoisotopic (exact) mass is 380 g/mol. The molecule has 2 aromatic rings. The van der Waals surface area contributed by atoms with Gasteiger partial charge in [-0.15, -0.1) is 0 Å². The van der Waals surface area contributed by atoms with E-state index in [1.165, 1.54) is 17.0 Å². The number of carbonyl (C=O) groups excluding carboxylic acids is 1. The summed E-state index contributed by atoms with van der Waals surface area (Å²) in [6.07, 6.45) is 0. The first-order valence-electron chi connectivity index (χ1n) is 6.46. The molecule has 0 aromatic heterocycles. The van der Waals surface area contributed by atoms with Gasteiger partial charge in [0.25, 0.3) is 5.91 Å². The van der Waals surface area contributed by atoms with E-state index in [0.29, 0.717) is 5.56 Å². The lowest BCUT2D eigenvalue weighted by atomic mass is 10.2. The van der Waals surface area contributed by atoms with E-state index in [1.807, 2.05) is 0 Å². The molecule has 0 aliphatic carbocycles. The van der Waals surface area contributed by atoms with Gasteiger partial charge in [-0.3, -0.25) is 14.9 Å². The number of nitro benzene ring substituents is 1. The number of nitrogens with zero attached hydrogens (tertiary/aromatic N) is 2. The minimum Gasteiger partial charge on any atom is -0.507 e. The number of benzene rings is 2. The number of hydrogen-bond acceptors (Lipinski definition) is 5. The highest BCUT2D eigenvalue weighted by Crippen LogP contribution is 2.39. The molecule has 0 saturated carbocycles. The fourth-order valence-electron chi connectivity index (χ4n) is 1.83. The SMILES string of the molecule is CN(C)C(=O)c1cccc(Oc2cc(Br)c(O)cc2[N+](=O)[O-])c1. The number of amides is 1. The number of phenolic OH excluding ortho intramolecular Hbond substituents is 1. The predicted molar refractivity (Wildman–Crippen MR) is 87.0 cm³/mol. The second-order valence-corrected chi connectivity index (χ2v) is 5.71. The summed E-state index contributed by atoms with van der Waals surface area (Å²) in [5.41, 5.74) is 0.0167. The Kier molecular flexibility index (Phi) is 4.85. The van der Waals surface area contributed by atoms with Gasteiger partial charge < -0.3 is 14.7 Å². The van der Waals surface area contributed by atoms with Crippen molar-refractivity contribution in [3.63, 3.8) is 0 Å². The maximum atomic E-state index is 11.9. The van der Waals surface area contributed by atoms with Crippen molar-refractivity contribution in [2.75, 3.05) is 14.1 Å². The summed E-state index contributed by atoms with van der Waals surface area (Å²) in [7, 11) is 3.25. The highest BCUT2D eigenvalue weighted by Gasteiger charge is 2.20. The summed E-state index contributed by atoms with van der Waals surface area (Å²) in [4.78, 5) is 23.8. The molecule has 120 valence electrons. The highest BCUT2D eigenvalue weighted by molar-refractivity contribution is 9.10. The van der Waals surface area contributed by atoms with Crippen LogP contribution in [-0.2, 0) is 0 Å². The Morgan fingerprint density at radius 1 is 1.30 bits per heavy atom. The smallest absolute Gasteiger partial charge is 0.315 e. The van der Waals surface area contributed by atoms with E-state index >= 15 is 0 Å². The molecule has 0 aliphatic rings. The summed E-state index contributed by atoms with van der Waals surface area (Å²) in [5, 5.41) is 20.6. The van der Waals surface area contributed by atoms with Crippen molar-refractivity contribution < 1.29 is 19.6 Å². The minimum absolute atomic E-state index is 0.0471. The van der Waals surface area contributed by atoms with E-state index in [2.05, 4.69) is 15.9 Å². The maximum absolute atomic E-state index is 11.9.